The molecule has 2 rings (SSSR count). The number of aliphatic hydroxyl groups excluding tert-OH is 1. The summed E-state index contributed by atoms with van der Waals surface area (Å²) in [6.45, 7) is 2.75. The van der Waals surface area contributed by atoms with E-state index in [4.69, 9.17) is 4.42 Å². The standard InChI is InChI=1S/C12H20N2O2/c1-2-11-7-14-12(16-11)8-13-9-3-5-10(15)6-4-9/h7,9-10,13,15H,2-6,8H2,1H3. The minimum absolute atomic E-state index is 0.0912. The first kappa shape index (κ1) is 11.6. The summed E-state index contributed by atoms with van der Waals surface area (Å²) >= 11 is 0. The maximum atomic E-state index is 9.39. The lowest BCUT2D eigenvalue weighted by atomic mass is 9.93. The predicted octanol–water partition coefficient (Wildman–Crippen LogP) is 1.63. The highest BCUT2D eigenvalue weighted by Crippen LogP contribution is 2.18. The second-order valence-electron chi connectivity index (χ2n) is 4.46. The smallest absolute Gasteiger partial charge is 0.208 e. The Kier molecular flexibility index (Phi) is 3.96. The number of nitrogens with zero attached hydrogens (tertiary/aromatic N) is 1. The van der Waals surface area contributed by atoms with E-state index in [1.807, 2.05) is 0 Å². The molecule has 1 heterocycles. The van der Waals surface area contributed by atoms with Crippen molar-refractivity contribution in [1.82, 2.24) is 10.3 Å². The van der Waals surface area contributed by atoms with Crippen LogP contribution in [0, 0.1) is 0 Å². The average Bonchev–Trinajstić information content (AvgIpc) is 2.76. The van der Waals surface area contributed by atoms with Crippen LogP contribution in [0.2, 0.25) is 0 Å². The normalized spacial score (nSPS) is 25.9. The third-order valence-corrected chi connectivity index (χ3v) is 3.19. The van der Waals surface area contributed by atoms with Gasteiger partial charge in [0.05, 0.1) is 18.8 Å². The molecule has 1 fully saturated rings. The van der Waals surface area contributed by atoms with Crippen LogP contribution in [-0.4, -0.2) is 22.2 Å². The van der Waals surface area contributed by atoms with Crippen LogP contribution in [0.1, 0.15) is 44.3 Å². The molecule has 2 N–H and O–H groups in total. The molecule has 0 bridgehead atoms. The Morgan fingerprint density at radius 2 is 2.19 bits per heavy atom. The van der Waals surface area contributed by atoms with Crippen molar-refractivity contribution >= 4 is 0 Å². The van der Waals surface area contributed by atoms with Crippen LogP contribution in [0.4, 0.5) is 0 Å². The van der Waals surface area contributed by atoms with Gasteiger partial charge >= 0.3 is 0 Å². The number of aryl methyl sites for hydroxylation is 1. The topological polar surface area (TPSA) is 58.3 Å². The largest absolute Gasteiger partial charge is 0.444 e. The lowest BCUT2D eigenvalue weighted by Gasteiger charge is -2.25. The van der Waals surface area contributed by atoms with E-state index in [1.54, 1.807) is 6.20 Å². The molecule has 0 aliphatic heterocycles. The molecule has 4 nitrogen and oxygen atoms in total. The van der Waals surface area contributed by atoms with Crippen molar-refractivity contribution in [3.05, 3.63) is 17.8 Å². The van der Waals surface area contributed by atoms with Gasteiger partial charge < -0.3 is 14.8 Å². The molecule has 0 spiro atoms. The monoisotopic (exact) mass is 224 g/mol. The molecule has 1 aromatic heterocycles. The molecule has 1 aromatic rings. The second kappa shape index (κ2) is 5.46. The Hall–Kier alpha value is -0.870. The summed E-state index contributed by atoms with van der Waals surface area (Å²) in [7, 11) is 0. The van der Waals surface area contributed by atoms with Crippen molar-refractivity contribution in [2.75, 3.05) is 0 Å². The zero-order valence-electron chi connectivity index (χ0n) is 9.78. The summed E-state index contributed by atoms with van der Waals surface area (Å²) in [5, 5.41) is 12.8. The van der Waals surface area contributed by atoms with Gasteiger partial charge in [-0.25, -0.2) is 4.98 Å². The number of oxazole rings is 1. The van der Waals surface area contributed by atoms with E-state index in [1.165, 1.54) is 0 Å². The van der Waals surface area contributed by atoms with Crippen LogP contribution >= 0.6 is 0 Å². The first-order valence-corrected chi connectivity index (χ1v) is 6.13. The van der Waals surface area contributed by atoms with Gasteiger partial charge in [-0.05, 0) is 25.7 Å². The van der Waals surface area contributed by atoms with Crippen molar-refractivity contribution < 1.29 is 9.52 Å². The number of rotatable bonds is 4. The lowest BCUT2D eigenvalue weighted by Crippen LogP contribution is -2.34. The molecule has 16 heavy (non-hydrogen) atoms. The van der Waals surface area contributed by atoms with Gasteiger partial charge in [-0.15, -0.1) is 0 Å². The number of hydrogen-bond donors (Lipinski definition) is 2. The van der Waals surface area contributed by atoms with Crippen molar-refractivity contribution in [3.63, 3.8) is 0 Å². The summed E-state index contributed by atoms with van der Waals surface area (Å²) in [5.74, 6) is 1.71. The van der Waals surface area contributed by atoms with Crippen LogP contribution in [0.3, 0.4) is 0 Å². The Morgan fingerprint density at radius 1 is 1.44 bits per heavy atom. The van der Waals surface area contributed by atoms with E-state index < -0.39 is 0 Å². The first-order chi connectivity index (χ1) is 7.78. The minimum atomic E-state index is -0.0912. The van der Waals surface area contributed by atoms with Crippen LogP contribution in [0.5, 0.6) is 0 Å². The predicted molar refractivity (Wildman–Crippen MR) is 61.0 cm³/mol. The van der Waals surface area contributed by atoms with Gasteiger partial charge in [-0.3, -0.25) is 0 Å². The van der Waals surface area contributed by atoms with E-state index in [0.29, 0.717) is 12.6 Å². The molecule has 0 aromatic carbocycles. The van der Waals surface area contributed by atoms with Crippen LogP contribution in [0.15, 0.2) is 10.6 Å². The van der Waals surface area contributed by atoms with E-state index in [0.717, 1.165) is 43.8 Å². The zero-order valence-corrected chi connectivity index (χ0v) is 9.78. The van der Waals surface area contributed by atoms with Gasteiger partial charge in [0, 0.05) is 12.5 Å². The maximum absolute atomic E-state index is 9.39. The Bertz CT molecular complexity index is 317. The van der Waals surface area contributed by atoms with Gasteiger partial charge in [-0.1, -0.05) is 6.92 Å². The number of hydrogen-bond acceptors (Lipinski definition) is 4. The molecule has 0 amide bonds. The van der Waals surface area contributed by atoms with Gasteiger partial charge in [0.1, 0.15) is 5.76 Å². The summed E-state index contributed by atoms with van der Waals surface area (Å²) < 4.78 is 5.52. The number of aromatic nitrogens is 1. The minimum Gasteiger partial charge on any atom is -0.444 e. The van der Waals surface area contributed by atoms with E-state index in [9.17, 15) is 5.11 Å². The molecule has 0 saturated heterocycles. The van der Waals surface area contributed by atoms with Gasteiger partial charge in [0.25, 0.3) is 0 Å². The van der Waals surface area contributed by atoms with E-state index >= 15 is 0 Å². The highest BCUT2D eigenvalue weighted by Gasteiger charge is 2.19. The van der Waals surface area contributed by atoms with Crippen molar-refractivity contribution in [3.8, 4) is 0 Å². The quantitative estimate of drug-likeness (QED) is 0.816. The highest BCUT2D eigenvalue weighted by molar-refractivity contribution is 4.93. The van der Waals surface area contributed by atoms with E-state index in [-0.39, 0.29) is 6.10 Å². The Morgan fingerprint density at radius 3 is 2.81 bits per heavy atom. The Balaban J connectivity index is 1.74. The fourth-order valence-corrected chi connectivity index (χ4v) is 2.10. The molecular weight excluding hydrogens is 204 g/mol. The summed E-state index contributed by atoms with van der Waals surface area (Å²) in [6, 6.07) is 0.500. The van der Waals surface area contributed by atoms with Gasteiger partial charge in [0.2, 0.25) is 5.89 Å². The van der Waals surface area contributed by atoms with E-state index in [2.05, 4.69) is 17.2 Å². The lowest BCUT2D eigenvalue weighted by molar-refractivity contribution is 0.116. The summed E-state index contributed by atoms with van der Waals surface area (Å²) in [5.41, 5.74) is 0. The fraction of sp³-hybridized carbons (Fsp3) is 0.750. The van der Waals surface area contributed by atoms with Gasteiger partial charge in [0.15, 0.2) is 0 Å². The van der Waals surface area contributed by atoms with Crippen molar-refractivity contribution in [2.45, 2.75) is 57.7 Å². The maximum Gasteiger partial charge on any atom is 0.208 e. The molecule has 0 atom stereocenters. The summed E-state index contributed by atoms with van der Waals surface area (Å²) in [6.07, 6.45) is 6.49. The van der Waals surface area contributed by atoms with Crippen LogP contribution in [0.25, 0.3) is 0 Å². The number of nitrogens with one attached hydrogen (secondary N) is 1. The van der Waals surface area contributed by atoms with Crippen molar-refractivity contribution in [1.29, 1.82) is 0 Å². The molecule has 4 heteroatoms. The van der Waals surface area contributed by atoms with Crippen molar-refractivity contribution in [2.24, 2.45) is 0 Å². The SMILES string of the molecule is CCc1cnc(CNC2CCC(O)CC2)o1. The number of aliphatic hydroxyl groups is 1. The van der Waals surface area contributed by atoms with Gasteiger partial charge in [-0.2, -0.15) is 0 Å². The third kappa shape index (κ3) is 3.06. The van der Waals surface area contributed by atoms with Crippen LogP contribution in [-0.2, 0) is 13.0 Å². The second-order valence-corrected chi connectivity index (χ2v) is 4.46. The zero-order chi connectivity index (χ0) is 11.4. The fourth-order valence-electron chi connectivity index (χ4n) is 2.10. The molecule has 0 unspecified atom stereocenters. The highest BCUT2D eigenvalue weighted by atomic mass is 16.4. The Labute approximate surface area is 96.1 Å². The molecule has 1 aliphatic carbocycles. The van der Waals surface area contributed by atoms with Crippen LogP contribution < -0.4 is 5.32 Å². The molecule has 1 aliphatic rings. The third-order valence-electron chi connectivity index (χ3n) is 3.19. The molecular formula is C12H20N2O2. The molecule has 1 saturated carbocycles. The summed E-state index contributed by atoms with van der Waals surface area (Å²) in [4.78, 5) is 4.21. The average molecular weight is 224 g/mol. The molecule has 0 radical (unpaired) electrons. The molecule has 90 valence electrons. The first-order valence-electron chi connectivity index (χ1n) is 6.13.